The summed E-state index contributed by atoms with van der Waals surface area (Å²) in [6, 6.07) is 0. The Labute approximate surface area is 176 Å². The Bertz CT molecular complexity index is 691. The van der Waals surface area contributed by atoms with Gasteiger partial charge in [0, 0.05) is 13.1 Å². The van der Waals surface area contributed by atoms with E-state index in [1.807, 2.05) is 0 Å². The van der Waals surface area contributed by atoms with E-state index in [0.29, 0.717) is 0 Å². The molecule has 1 heterocycles. The molecule has 0 aromatic carbocycles. The Kier molecular flexibility index (Phi) is 12.1. The third-order valence-corrected chi connectivity index (χ3v) is 3.34. The van der Waals surface area contributed by atoms with Crippen LogP contribution in [0.3, 0.4) is 0 Å². The van der Waals surface area contributed by atoms with Gasteiger partial charge in [0.1, 0.15) is 0 Å². The number of hydrogen-bond acceptors (Lipinski definition) is 11. The number of aromatic nitrogens is 3. The maximum Gasteiger partial charge on any atom is 1.00 e. The summed E-state index contributed by atoms with van der Waals surface area (Å²) in [7, 11) is -8.83. The maximum atomic E-state index is 11.2. The molecule has 0 bridgehead atoms. The Morgan fingerprint density at radius 1 is 0.913 bits per heavy atom. The van der Waals surface area contributed by atoms with Crippen LogP contribution in [-0.2, 0) is 20.2 Å². The summed E-state index contributed by atoms with van der Waals surface area (Å²) < 4.78 is 62.3. The van der Waals surface area contributed by atoms with E-state index in [9.17, 15) is 30.7 Å². The number of nitrogens with one attached hydrogen (secondary N) is 3. The Morgan fingerprint density at radius 2 is 1.39 bits per heavy atom. The molecule has 0 radical (unpaired) electrons. The third kappa shape index (κ3) is 13.2. The molecule has 0 saturated heterocycles. The van der Waals surface area contributed by atoms with Crippen LogP contribution in [0, 0.1) is 0 Å². The van der Waals surface area contributed by atoms with Crippen molar-refractivity contribution in [2.75, 3.05) is 35.2 Å². The van der Waals surface area contributed by atoms with Gasteiger partial charge in [0.2, 0.25) is 11.9 Å². The van der Waals surface area contributed by atoms with Crippen LogP contribution >= 0.6 is 0 Å². The van der Waals surface area contributed by atoms with Crippen molar-refractivity contribution in [1.82, 2.24) is 15.0 Å². The molecule has 0 spiro atoms. The van der Waals surface area contributed by atoms with Crippen LogP contribution in [0.4, 0.5) is 11.9 Å². The first-order valence-corrected chi connectivity index (χ1v) is 8.54. The van der Waals surface area contributed by atoms with Gasteiger partial charge in [-0.1, -0.05) is 0 Å². The molecule has 0 fully saturated rings. The van der Waals surface area contributed by atoms with Crippen molar-refractivity contribution >= 4 is 32.1 Å². The van der Waals surface area contributed by atoms with Gasteiger partial charge in [-0.05, 0) is 0 Å². The third-order valence-electron chi connectivity index (χ3n) is 1.93. The van der Waals surface area contributed by atoms with Crippen LogP contribution in [0.1, 0.15) is 0 Å². The first-order valence-electron chi connectivity index (χ1n) is 5.38. The Hall–Kier alpha value is 0.230. The zero-order valence-corrected chi connectivity index (χ0v) is 18.0. The largest absolute Gasteiger partial charge is 1.00 e. The van der Waals surface area contributed by atoms with Crippen LogP contribution < -0.4 is 75.4 Å². The van der Waals surface area contributed by atoms with Gasteiger partial charge in [-0.25, -0.2) is 21.6 Å². The number of H-pyrrole nitrogens is 1. The first kappa shape index (κ1) is 25.5. The molecule has 0 unspecified atom stereocenters. The molecule has 23 heavy (non-hydrogen) atoms. The molecule has 0 saturated carbocycles. The predicted molar refractivity (Wildman–Crippen MR) is 68.8 cm³/mol. The summed E-state index contributed by atoms with van der Waals surface area (Å²) in [6.45, 7) is -0.586. The smallest absolute Gasteiger partial charge is 0.748 e. The predicted octanol–water partition coefficient (Wildman–Crippen LogP) is -8.91. The number of hydrogen-bond donors (Lipinski definition) is 3. The van der Waals surface area contributed by atoms with Crippen molar-refractivity contribution in [2.45, 2.75) is 0 Å². The summed E-state index contributed by atoms with van der Waals surface area (Å²) in [5.41, 5.74) is -0.843. The average Bonchev–Trinajstić information content (AvgIpc) is 2.24. The second-order valence-corrected chi connectivity index (χ2v) is 6.75. The van der Waals surface area contributed by atoms with Crippen LogP contribution in [0.2, 0.25) is 0 Å². The molecular weight excluding hydrogens is 376 g/mol. The van der Waals surface area contributed by atoms with E-state index in [1.165, 1.54) is 0 Å². The minimum absolute atomic E-state index is 0. The molecule has 12 nitrogen and oxygen atoms in total. The number of anilines is 2. The minimum atomic E-state index is -4.42. The monoisotopic (exact) mass is 387 g/mol. The SMILES string of the molecule is O=c1nc(NCCS(=O)(=O)[O-])nc(NCCS(=O)(=O)[O-])[nH]1.[Na+].[Na+]. The topological polar surface area (TPSA) is 197 Å². The van der Waals surface area contributed by atoms with Crippen molar-refractivity contribution in [3.05, 3.63) is 10.5 Å². The van der Waals surface area contributed by atoms with Gasteiger partial charge in [0.25, 0.3) is 0 Å². The summed E-state index contributed by atoms with van der Waals surface area (Å²) in [5, 5.41) is 4.73. The summed E-state index contributed by atoms with van der Waals surface area (Å²) in [5.74, 6) is -1.85. The molecule has 1 aromatic heterocycles. The normalized spacial score (nSPS) is 11.0. The molecule has 3 N–H and O–H groups in total. The second-order valence-electron chi connectivity index (χ2n) is 3.70. The van der Waals surface area contributed by atoms with E-state index < -0.39 is 37.4 Å². The fourth-order valence-electron chi connectivity index (χ4n) is 1.13. The van der Waals surface area contributed by atoms with Gasteiger partial charge >= 0.3 is 64.8 Å². The minimum Gasteiger partial charge on any atom is -0.748 e. The fourth-order valence-corrected chi connectivity index (χ4v) is 1.83. The van der Waals surface area contributed by atoms with Gasteiger partial charge in [-0.3, -0.25) is 4.98 Å². The number of nitrogens with zero attached hydrogens (tertiary/aromatic N) is 2. The van der Waals surface area contributed by atoms with Crippen molar-refractivity contribution < 1.29 is 85.1 Å². The standard InChI is InChI=1S/C7H13N5O7S2.2Na/c13-7-11-5(8-1-3-20(14,15)16)10-6(12-7)9-2-4-21(17,18)19;;/h1-4H2,(H,14,15,16)(H,17,18,19)(H3,8,9,10,11,12,13);;/q;2*+1/p-2. The van der Waals surface area contributed by atoms with Crippen LogP contribution in [-0.4, -0.2) is 65.5 Å². The zero-order valence-electron chi connectivity index (χ0n) is 12.4. The van der Waals surface area contributed by atoms with Crippen LogP contribution in [0.15, 0.2) is 4.79 Å². The van der Waals surface area contributed by atoms with Gasteiger partial charge in [0.15, 0.2) is 0 Å². The van der Waals surface area contributed by atoms with Crippen molar-refractivity contribution in [3.8, 4) is 0 Å². The van der Waals surface area contributed by atoms with Crippen molar-refractivity contribution in [3.63, 3.8) is 0 Å². The van der Waals surface area contributed by atoms with Crippen molar-refractivity contribution in [1.29, 1.82) is 0 Å². The summed E-state index contributed by atoms with van der Waals surface area (Å²) in [6.07, 6.45) is 0. The molecule has 1 aromatic rings. The van der Waals surface area contributed by atoms with Gasteiger partial charge in [0.05, 0.1) is 31.7 Å². The van der Waals surface area contributed by atoms with Gasteiger partial charge < -0.3 is 19.7 Å². The molecule has 0 atom stereocenters. The first-order chi connectivity index (χ1) is 9.55. The molecule has 0 aliphatic carbocycles. The average molecular weight is 387 g/mol. The van der Waals surface area contributed by atoms with Crippen LogP contribution in [0.5, 0.6) is 0 Å². The molecule has 0 aliphatic rings. The molecule has 120 valence electrons. The van der Waals surface area contributed by atoms with E-state index in [1.54, 1.807) is 0 Å². The van der Waals surface area contributed by atoms with E-state index in [-0.39, 0.29) is 84.1 Å². The zero-order chi connectivity index (χ0) is 16.1. The molecular formula is C7H11N5Na2O7S2. The molecule has 1 rings (SSSR count). The Morgan fingerprint density at radius 3 is 1.87 bits per heavy atom. The number of aromatic amines is 1. The van der Waals surface area contributed by atoms with E-state index in [0.717, 1.165) is 0 Å². The summed E-state index contributed by atoms with van der Waals surface area (Å²) in [4.78, 5) is 20.4. The van der Waals surface area contributed by atoms with Crippen molar-refractivity contribution in [2.24, 2.45) is 0 Å². The van der Waals surface area contributed by atoms with Gasteiger partial charge in [-0.15, -0.1) is 0 Å². The van der Waals surface area contributed by atoms with Crippen LogP contribution in [0.25, 0.3) is 0 Å². The second kappa shape index (κ2) is 11.0. The van der Waals surface area contributed by atoms with Gasteiger partial charge in [-0.2, -0.15) is 9.97 Å². The van der Waals surface area contributed by atoms with E-state index in [2.05, 4.69) is 25.6 Å². The maximum absolute atomic E-state index is 11.2. The van der Waals surface area contributed by atoms with E-state index >= 15 is 0 Å². The summed E-state index contributed by atoms with van der Waals surface area (Å²) >= 11 is 0. The molecule has 0 amide bonds. The number of rotatable bonds is 8. The fraction of sp³-hybridized carbons (Fsp3) is 0.571. The molecule has 0 aliphatic heterocycles. The quantitative estimate of drug-likeness (QED) is 0.283. The Balaban J connectivity index is 0. The molecule has 16 heteroatoms. The van der Waals surface area contributed by atoms with E-state index in [4.69, 9.17) is 0 Å².